The minimum Gasteiger partial charge on any atom is -0.352 e. The first kappa shape index (κ1) is 23.5. The molecular weight excluding hydrogens is 431 g/mol. The number of nitrogens with one attached hydrogen (secondary N) is 1. The van der Waals surface area contributed by atoms with Gasteiger partial charge >= 0.3 is 0 Å². The van der Waals surface area contributed by atoms with E-state index in [2.05, 4.69) is 5.32 Å². The molecule has 7 heteroatoms. The second-order valence-corrected chi connectivity index (χ2v) is 8.41. The number of amides is 2. The van der Waals surface area contributed by atoms with Crippen molar-refractivity contribution in [2.75, 3.05) is 0 Å². The van der Waals surface area contributed by atoms with Crippen molar-refractivity contribution >= 4 is 46.6 Å². The Hall–Kier alpha value is -1.75. The number of nitrogens with zero attached hydrogens (tertiary/aromatic N) is 1. The van der Waals surface area contributed by atoms with Gasteiger partial charge in [0.05, 0.1) is 16.5 Å². The summed E-state index contributed by atoms with van der Waals surface area (Å²) in [5.41, 5.74) is 1.59. The van der Waals surface area contributed by atoms with Crippen LogP contribution in [0.5, 0.6) is 0 Å². The third-order valence-electron chi connectivity index (χ3n) is 4.40. The molecule has 2 rings (SSSR count). The van der Waals surface area contributed by atoms with Gasteiger partial charge in [-0.3, -0.25) is 9.59 Å². The predicted octanol–water partition coefficient (Wildman–Crippen LogP) is 5.52. The standard InChI is InChI=1S/C22H25Cl3N2O2/c1-4-20(22(29)26-14(2)3)27(13-16-8-9-18(24)19(25)11-16)21(28)12-15-6-5-7-17(23)10-15/h5-11,14,20H,4,12-13H2,1-3H3,(H,26,29)/t20-/m1/s1. The molecule has 0 saturated carbocycles. The topological polar surface area (TPSA) is 49.4 Å². The number of carbonyl (C=O) groups excluding carboxylic acids is 2. The Morgan fingerprint density at radius 2 is 1.72 bits per heavy atom. The number of hydrogen-bond acceptors (Lipinski definition) is 2. The molecule has 1 atom stereocenters. The van der Waals surface area contributed by atoms with E-state index in [0.29, 0.717) is 21.5 Å². The Balaban J connectivity index is 2.32. The molecule has 2 amide bonds. The van der Waals surface area contributed by atoms with Crippen molar-refractivity contribution in [3.63, 3.8) is 0 Å². The van der Waals surface area contributed by atoms with Gasteiger partial charge in [0.2, 0.25) is 11.8 Å². The van der Waals surface area contributed by atoms with Gasteiger partial charge < -0.3 is 10.2 Å². The van der Waals surface area contributed by atoms with E-state index < -0.39 is 6.04 Å². The van der Waals surface area contributed by atoms with Crippen molar-refractivity contribution in [2.45, 2.75) is 52.2 Å². The average molecular weight is 456 g/mol. The summed E-state index contributed by atoms with van der Waals surface area (Å²) in [6.07, 6.45) is 0.633. The first-order chi connectivity index (χ1) is 13.7. The quantitative estimate of drug-likeness (QED) is 0.569. The van der Waals surface area contributed by atoms with Crippen LogP contribution in [-0.4, -0.2) is 28.8 Å². The summed E-state index contributed by atoms with van der Waals surface area (Å²) in [5, 5.41) is 4.32. The van der Waals surface area contributed by atoms with E-state index in [1.807, 2.05) is 26.8 Å². The van der Waals surface area contributed by atoms with Crippen molar-refractivity contribution < 1.29 is 9.59 Å². The molecule has 0 saturated heterocycles. The van der Waals surface area contributed by atoms with Gasteiger partial charge in [0, 0.05) is 17.6 Å². The fraction of sp³-hybridized carbons (Fsp3) is 0.364. The summed E-state index contributed by atoms with van der Waals surface area (Å²) < 4.78 is 0. The molecule has 0 bridgehead atoms. The highest BCUT2D eigenvalue weighted by atomic mass is 35.5. The largest absolute Gasteiger partial charge is 0.352 e. The molecule has 0 heterocycles. The van der Waals surface area contributed by atoms with Crippen LogP contribution in [0.15, 0.2) is 42.5 Å². The molecule has 29 heavy (non-hydrogen) atoms. The molecule has 1 N–H and O–H groups in total. The van der Waals surface area contributed by atoms with E-state index in [1.165, 1.54) is 0 Å². The van der Waals surface area contributed by atoms with Crippen molar-refractivity contribution in [1.29, 1.82) is 0 Å². The zero-order chi connectivity index (χ0) is 21.6. The molecule has 0 aliphatic carbocycles. The molecule has 0 aromatic heterocycles. The van der Waals surface area contributed by atoms with Crippen LogP contribution in [0.4, 0.5) is 0 Å². The smallest absolute Gasteiger partial charge is 0.243 e. The molecule has 2 aromatic carbocycles. The van der Waals surface area contributed by atoms with Gasteiger partial charge in [-0.1, -0.05) is 59.9 Å². The van der Waals surface area contributed by atoms with Gasteiger partial charge in [-0.15, -0.1) is 0 Å². The maximum atomic E-state index is 13.2. The Labute approximate surface area is 187 Å². The van der Waals surface area contributed by atoms with Crippen LogP contribution in [0.3, 0.4) is 0 Å². The Morgan fingerprint density at radius 3 is 2.31 bits per heavy atom. The van der Waals surface area contributed by atoms with E-state index in [9.17, 15) is 9.59 Å². The Bertz CT molecular complexity index is 871. The van der Waals surface area contributed by atoms with E-state index in [-0.39, 0.29) is 30.8 Å². The molecule has 0 aliphatic heterocycles. The Kier molecular flexibility index (Phi) is 8.81. The van der Waals surface area contributed by atoms with E-state index in [4.69, 9.17) is 34.8 Å². The zero-order valence-corrected chi connectivity index (χ0v) is 19.0. The molecule has 156 valence electrons. The monoisotopic (exact) mass is 454 g/mol. The van der Waals surface area contributed by atoms with Crippen LogP contribution in [0.25, 0.3) is 0 Å². The maximum Gasteiger partial charge on any atom is 0.243 e. The molecular formula is C22H25Cl3N2O2. The van der Waals surface area contributed by atoms with E-state index >= 15 is 0 Å². The highest BCUT2D eigenvalue weighted by Gasteiger charge is 2.29. The van der Waals surface area contributed by atoms with Gasteiger partial charge in [-0.25, -0.2) is 0 Å². The van der Waals surface area contributed by atoms with Crippen LogP contribution in [-0.2, 0) is 22.6 Å². The van der Waals surface area contributed by atoms with Crippen LogP contribution in [0.2, 0.25) is 15.1 Å². The minimum atomic E-state index is -0.599. The van der Waals surface area contributed by atoms with E-state index in [1.54, 1.807) is 41.3 Å². The van der Waals surface area contributed by atoms with Gasteiger partial charge in [0.1, 0.15) is 6.04 Å². The number of rotatable bonds is 8. The SMILES string of the molecule is CC[C@H](C(=O)NC(C)C)N(Cc1ccc(Cl)c(Cl)c1)C(=O)Cc1cccc(Cl)c1. The summed E-state index contributed by atoms with van der Waals surface area (Å²) in [6.45, 7) is 5.92. The summed E-state index contributed by atoms with van der Waals surface area (Å²) in [5.74, 6) is -0.342. The molecule has 0 radical (unpaired) electrons. The third-order valence-corrected chi connectivity index (χ3v) is 5.37. The van der Waals surface area contributed by atoms with Gasteiger partial charge in [-0.2, -0.15) is 0 Å². The lowest BCUT2D eigenvalue weighted by Crippen LogP contribution is -2.50. The van der Waals surface area contributed by atoms with Gasteiger partial charge in [0.25, 0.3) is 0 Å². The second-order valence-electron chi connectivity index (χ2n) is 7.16. The first-order valence-corrected chi connectivity index (χ1v) is 10.6. The van der Waals surface area contributed by atoms with Crippen molar-refractivity contribution in [3.05, 3.63) is 68.7 Å². The van der Waals surface area contributed by atoms with Crippen molar-refractivity contribution in [3.8, 4) is 0 Å². The van der Waals surface area contributed by atoms with Crippen LogP contribution >= 0.6 is 34.8 Å². The third kappa shape index (κ3) is 6.91. The summed E-state index contributed by atoms with van der Waals surface area (Å²) in [7, 11) is 0. The van der Waals surface area contributed by atoms with Gasteiger partial charge in [0.15, 0.2) is 0 Å². The molecule has 4 nitrogen and oxygen atoms in total. The van der Waals surface area contributed by atoms with Crippen molar-refractivity contribution in [1.82, 2.24) is 10.2 Å². The highest BCUT2D eigenvalue weighted by Crippen LogP contribution is 2.24. The highest BCUT2D eigenvalue weighted by molar-refractivity contribution is 6.42. The van der Waals surface area contributed by atoms with Crippen LogP contribution < -0.4 is 5.32 Å². The molecule has 0 fully saturated rings. The fourth-order valence-corrected chi connectivity index (χ4v) is 3.59. The van der Waals surface area contributed by atoms with Crippen LogP contribution in [0.1, 0.15) is 38.3 Å². The Morgan fingerprint density at radius 1 is 1.00 bits per heavy atom. The normalized spacial score (nSPS) is 12.0. The molecule has 2 aromatic rings. The zero-order valence-electron chi connectivity index (χ0n) is 16.7. The molecule has 0 aliphatic rings. The lowest BCUT2D eigenvalue weighted by atomic mass is 10.1. The number of carbonyl (C=O) groups is 2. The van der Waals surface area contributed by atoms with E-state index in [0.717, 1.165) is 11.1 Å². The fourth-order valence-electron chi connectivity index (χ4n) is 3.06. The predicted molar refractivity (Wildman–Crippen MR) is 120 cm³/mol. The maximum absolute atomic E-state index is 13.2. The lowest BCUT2D eigenvalue weighted by Gasteiger charge is -2.31. The number of hydrogen-bond donors (Lipinski definition) is 1. The number of halogens is 3. The van der Waals surface area contributed by atoms with Crippen molar-refractivity contribution in [2.24, 2.45) is 0 Å². The van der Waals surface area contributed by atoms with Gasteiger partial charge in [-0.05, 0) is 55.7 Å². The molecule has 0 unspecified atom stereocenters. The summed E-state index contributed by atoms with van der Waals surface area (Å²) >= 11 is 18.2. The van der Waals surface area contributed by atoms with Crippen LogP contribution in [0, 0.1) is 0 Å². The second kappa shape index (κ2) is 10.9. The molecule has 0 spiro atoms. The number of benzene rings is 2. The minimum absolute atomic E-state index is 0.0218. The summed E-state index contributed by atoms with van der Waals surface area (Å²) in [6, 6.07) is 11.8. The lowest BCUT2D eigenvalue weighted by molar-refractivity contribution is -0.141. The summed E-state index contributed by atoms with van der Waals surface area (Å²) in [4.78, 5) is 27.6. The average Bonchev–Trinajstić information content (AvgIpc) is 2.63. The first-order valence-electron chi connectivity index (χ1n) is 9.49.